The zero-order valence-electron chi connectivity index (χ0n) is 16.0. The molecule has 5 heteroatoms. The Morgan fingerprint density at radius 1 is 0.893 bits per heavy atom. The zero-order valence-corrected chi connectivity index (χ0v) is 16.8. The molecule has 1 aliphatic rings. The second-order valence-corrected chi connectivity index (χ2v) is 7.57. The Bertz CT molecular complexity index is 854. The van der Waals surface area contributed by atoms with E-state index in [0.717, 1.165) is 31.2 Å². The minimum Gasteiger partial charge on any atom is -0.348 e. The predicted molar refractivity (Wildman–Crippen MR) is 113 cm³/mol. The van der Waals surface area contributed by atoms with E-state index < -0.39 is 0 Å². The van der Waals surface area contributed by atoms with Gasteiger partial charge in [-0.2, -0.15) is 0 Å². The van der Waals surface area contributed by atoms with Crippen LogP contribution in [0.4, 0.5) is 0 Å². The Balaban J connectivity index is 1.88. The van der Waals surface area contributed by atoms with Crippen molar-refractivity contribution in [1.82, 2.24) is 10.6 Å². The molecule has 0 atom stereocenters. The highest BCUT2D eigenvalue weighted by Crippen LogP contribution is 2.22. The molecular weight excluding hydrogens is 372 g/mol. The monoisotopic (exact) mass is 396 g/mol. The molecule has 3 rings (SSSR count). The van der Waals surface area contributed by atoms with E-state index in [-0.39, 0.29) is 23.6 Å². The Kier molecular flexibility index (Phi) is 6.88. The van der Waals surface area contributed by atoms with Crippen molar-refractivity contribution in [1.29, 1.82) is 0 Å². The quantitative estimate of drug-likeness (QED) is 0.702. The highest BCUT2D eigenvalue weighted by Gasteiger charge is 2.22. The van der Waals surface area contributed by atoms with Gasteiger partial charge in [-0.05, 0) is 55.2 Å². The molecule has 2 aromatic carbocycles. The first-order valence-corrected chi connectivity index (χ1v) is 10.1. The molecule has 1 fully saturated rings. The van der Waals surface area contributed by atoms with Crippen LogP contribution in [0.25, 0.3) is 5.57 Å². The maximum absolute atomic E-state index is 13.1. The number of nitrogens with one attached hydrogen (secondary N) is 2. The zero-order chi connectivity index (χ0) is 19.9. The van der Waals surface area contributed by atoms with Crippen molar-refractivity contribution in [3.63, 3.8) is 0 Å². The maximum Gasteiger partial charge on any atom is 0.268 e. The highest BCUT2D eigenvalue weighted by molar-refractivity contribution is 6.30. The van der Waals surface area contributed by atoms with Gasteiger partial charge in [0.25, 0.3) is 11.8 Å². The lowest BCUT2D eigenvalue weighted by Gasteiger charge is -2.24. The molecule has 4 nitrogen and oxygen atoms in total. The molecule has 0 unspecified atom stereocenters. The summed E-state index contributed by atoms with van der Waals surface area (Å²) in [4.78, 5) is 25.7. The third-order valence-corrected chi connectivity index (χ3v) is 5.35. The molecule has 28 heavy (non-hydrogen) atoms. The minimum atomic E-state index is -0.303. The second kappa shape index (κ2) is 9.56. The summed E-state index contributed by atoms with van der Waals surface area (Å²) in [6.45, 7) is 1.84. The molecule has 0 aliphatic heterocycles. The number of benzene rings is 2. The average molecular weight is 397 g/mol. The van der Waals surface area contributed by atoms with Crippen LogP contribution < -0.4 is 10.6 Å². The number of allylic oxidation sites excluding steroid dienone is 1. The molecule has 0 spiro atoms. The molecule has 2 aromatic rings. The first-order chi connectivity index (χ1) is 13.5. The van der Waals surface area contributed by atoms with Gasteiger partial charge in [-0.3, -0.25) is 9.59 Å². The van der Waals surface area contributed by atoms with Crippen LogP contribution in [-0.2, 0) is 4.79 Å². The number of halogens is 1. The van der Waals surface area contributed by atoms with Gasteiger partial charge in [0.05, 0.1) is 0 Å². The van der Waals surface area contributed by atoms with Crippen LogP contribution in [-0.4, -0.2) is 17.9 Å². The van der Waals surface area contributed by atoms with E-state index in [2.05, 4.69) is 10.6 Å². The van der Waals surface area contributed by atoms with Crippen molar-refractivity contribution in [3.8, 4) is 0 Å². The lowest BCUT2D eigenvalue weighted by Crippen LogP contribution is -2.41. The highest BCUT2D eigenvalue weighted by atomic mass is 35.5. The predicted octanol–water partition coefficient (Wildman–Crippen LogP) is 4.95. The number of carbonyl (C=O) groups is 2. The standard InChI is InChI=1S/C23H25ClN2O2/c1-16(17-12-14-19(24)15-13-17)21(23(28)25-20-10-6-3-7-11-20)26-22(27)18-8-4-2-5-9-18/h2,4-5,8-9,12-15,20H,3,6-7,10-11H2,1H3,(H,25,28)(H,26,27)/b21-16-. The molecular formula is C23H25ClN2O2. The minimum absolute atomic E-state index is 0.155. The molecule has 1 saturated carbocycles. The van der Waals surface area contributed by atoms with Crippen molar-refractivity contribution < 1.29 is 9.59 Å². The van der Waals surface area contributed by atoms with Gasteiger partial charge in [-0.1, -0.05) is 61.2 Å². The first kappa shape index (κ1) is 20.2. The number of hydrogen-bond acceptors (Lipinski definition) is 2. The molecule has 0 heterocycles. The summed E-state index contributed by atoms with van der Waals surface area (Å²) < 4.78 is 0. The fraction of sp³-hybridized carbons (Fsp3) is 0.304. The smallest absolute Gasteiger partial charge is 0.268 e. The van der Waals surface area contributed by atoms with Crippen LogP contribution in [0.3, 0.4) is 0 Å². The van der Waals surface area contributed by atoms with E-state index >= 15 is 0 Å². The van der Waals surface area contributed by atoms with Gasteiger partial charge < -0.3 is 10.6 Å². The molecule has 0 bridgehead atoms. The van der Waals surface area contributed by atoms with Crippen LogP contribution in [0.2, 0.25) is 5.02 Å². The van der Waals surface area contributed by atoms with Gasteiger partial charge in [-0.15, -0.1) is 0 Å². The SMILES string of the molecule is C/C(=C(/NC(=O)c1ccccc1)C(=O)NC1CCCCC1)c1ccc(Cl)cc1. The van der Waals surface area contributed by atoms with Crippen LogP contribution in [0.1, 0.15) is 54.9 Å². The largest absolute Gasteiger partial charge is 0.348 e. The Morgan fingerprint density at radius 2 is 1.54 bits per heavy atom. The number of rotatable bonds is 5. The maximum atomic E-state index is 13.1. The second-order valence-electron chi connectivity index (χ2n) is 7.14. The third-order valence-electron chi connectivity index (χ3n) is 5.09. The van der Waals surface area contributed by atoms with Crippen LogP contribution in [0, 0.1) is 0 Å². The van der Waals surface area contributed by atoms with Crippen molar-refractivity contribution in [3.05, 3.63) is 76.4 Å². The van der Waals surface area contributed by atoms with Crippen molar-refractivity contribution >= 4 is 29.0 Å². The Morgan fingerprint density at radius 3 is 2.18 bits per heavy atom. The molecule has 2 N–H and O–H groups in total. The average Bonchev–Trinajstić information content (AvgIpc) is 2.73. The summed E-state index contributed by atoms with van der Waals surface area (Å²) in [6, 6.07) is 16.3. The summed E-state index contributed by atoms with van der Waals surface area (Å²) in [6.07, 6.45) is 5.41. The summed E-state index contributed by atoms with van der Waals surface area (Å²) in [5.74, 6) is -0.550. The molecule has 0 saturated heterocycles. The molecule has 1 aliphatic carbocycles. The van der Waals surface area contributed by atoms with Gasteiger partial charge in [-0.25, -0.2) is 0 Å². The van der Waals surface area contributed by atoms with Crippen LogP contribution in [0.5, 0.6) is 0 Å². The molecule has 2 amide bonds. The van der Waals surface area contributed by atoms with Gasteiger partial charge in [0.15, 0.2) is 0 Å². The number of amides is 2. The molecule has 146 valence electrons. The lowest BCUT2D eigenvalue weighted by atomic mass is 9.95. The Labute approximate surface area is 171 Å². The van der Waals surface area contributed by atoms with Gasteiger partial charge in [0.1, 0.15) is 5.70 Å². The summed E-state index contributed by atoms with van der Waals surface area (Å²) in [5.41, 5.74) is 2.33. The fourth-order valence-electron chi connectivity index (χ4n) is 3.44. The van der Waals surface area contributed by atoms with Gasteiger partial charge in [0.2, 0.25) is 0 Å². The summed E-state index contributed by atoms with van der Waals surface area (Å²) in [5, 5.41) is 6.55. The van der Waals surface area contributed by atoms with E-state index in [4.69, 9.17) is 11.6 Å². The van der Waals surface area contributed by atoms with E-state index in [9.17, 15) is 9.59 Å². The van der Waals surface area contributed by atoms with E-state index in [1.165, 1.54) is 6.42 Å². The van der Waals surface area contributed by atoms with Crippen molar-refractivity contribution in [2.24, 2.45) is 0 Å². The van der Waals surface area contributed by atoms with E-state index in [1.54, 1.807) is 36.4 Å². The third kappa shape index (κ3) is 5.23. The normalized spacial score (nSPS) is 15.5. The Hall–Kier alpha value is -2.59. The van der Waals surface area contributed by atoms with Crippen LogP contribution >= 0.6 is 11.6 Å². The van der Waals surface area contributed by atoms with Gasteiger partial charge in [0, 0.05) is 16.6 Å². The van der Waals surface area contributed by atoms with Crippen molar-refractivity contribution in [2.45, 2.75) is 45.1 Å². The number of hydrogen-bond donors (Lipinski definition) is 2. The summed E-state index contributed by atoms with van der Waals surface area (Å²) >= 11 is 5.99. The number of carbonyl (C=O) groups excluding carboxylic acids is 2. The van der Waals surface area contributed by atoms with E-state index in [1.807, 2.05) is 25.1 Å². The lowest BCUT2D eigenvalue weighted by molar-refractivity contribution is -0.118. The van der Waals surface area contributed by atoms with E-state index in [0.29, 0.717) is 16.2 Å². The fourth-order valence-corrected chi connectivity index (χ4v) is 3.57. The van der Waals surface area contributed by atoms with Crippen LogP contribution in [0.15, 0.2) is 60.3 Å². The topological polar surface area (TPSA) is 58.2 Å². The first-order valence-electron chi connectivity index (χ1n) is 9.68. The van der Waals surface area contributed by atoms with Gasteiger partial charge >= 0.3 is 0 Å². The molecule has 0 radical (unpaired) electrons. The summed E-state index contributed by atoms with van der Waals surface area (Å²) in [7, 11) is 0. The molecule has 0 aromatic heterocycles. The van der Waals surface area contributed by atoms with Crippen molar-refractivity contribution in [2.75, 3.05) is 0 Å².